The van der Waals surface area contributed by atoms with Gasteiger partial charge in [-0.25, -0.2) is 4.98 Å². The maximum absolute atomic E-state index is 13.4. The molecule has 0 bridgehead atoms. The number of anilines is 1. The van der Waals surface area contributed by atoms with Crippen LogP contribution >= 0.6 is 11.8 Å². The smallest absolute Gasteiger partial charge is 0.297 e. The van der Waals surface area contributed by atoms with E-state index >= 15 is 0 Å². The normalized spacial score (nSPS) is 16.0. The molecule has 2 aromatic carbocycles. The number of carbonyl (C=O) groups excluding carboxylic acids is 1. The van der Waals surface area contributed by atoms with Gasteiger partial charge in [0.25, 0.3) is 5.56 Å². The van der Waals surface area contributed by atoms with E-state index in [1.807, 2.05) is 48.5 Å². The highest BCUT2D eigenvalue weighted by Crippen LogP contribution is 2.28. The average molecular weight is 464 g/mol. The van der Waals surface area contributed by atoms with E-state index in [1.54, 1.807) is 4.57 Å². The summed E-state index contributed by atoms with van der Waals surface area (Å²) in [6, 6.07) is 15.2. The highest BCUT2D eigenvalue weighted by atomic mass is 32.2. The second-order valence-corrected chi connectivity index (χ2v) is 9.01. The number of aryl methyl sites for hydroxylation is 1. The van der Waals surface area contributed by atoms with Crippen molar-refractivity contribution >= 4 is 45.4 Å². The lowest BCUT2D eigenvalue weighted by atomic mass is 10.1. The van der Waals surface area contributed by atoms with E-state index in [0.717, 1.165) is 35.9 Å². The van der Waals surface area contributed by atoms with Crippen LogP contribution in [-0.4, -0.2) is 33.9 Å². The molecule has 1 atom stereocenters. The SMILES string of the molecule is CCc1ccccc1NC(=O)CSc1nc2c(oc3ccccc32)c(=O)n1C[C@@H]1CCCO1. The maximum Gasteiger partial charge on any atom is 0.297 e. The van der Waals surface area contributed by atoms with Crippen LogP contribution in [-0.2, 0) is 22.5 Å². The molecule has 1 aliphatic heterocycles. The molecule has 1 fully saturated rings. The molecule has 8 heteroatoms. The lowest BCUT2D eigenvalue weighted by Crippen LogP contribution is -2.29. The van der Waals surface area contributed by atoms with Crippen molar-refractivity contribution in [1.29, 1.82) is 0 Å². The Morgan fingerprint density at radius 1 is 1.21 bits per heavy atom. The fourth-order valence-corrected chi connectivity index (χ4v) is 4.98. The van der Waals surface area contributed by atoms with Crippen molar-refractivity contribution < 1.29 is 13.9 Å². The molecular formula is C25H25N3O4S. The van der Waals surface area contributed by atoms with Crippen molar-refractivity contribution in [3.05, 3.63) is 64.4 Å². The van der Waals surface area contributed by atoms with E-state index in [4.69, 9.17) is 14.1 Å². The van der Waals surface area contributed by atoms with Gasteiger partial charge in [0, 0.05) is 17.7 Å². The number of hydrogen-bond acceptors (Lipinski definition) is 6. The summed E-state index contributed by atoms with van der Waals surface area (Å²) in [5, 5.41) is 4.27. The molecule has 4 aromatic rings. The minimum Gasteiger partial charge on any atom is -0.448 e. The molecule has 1 aliphatic rings. The van der Waals surface area contributed by atoms with Crippen LogP contribution in [0.4, 0.5) is 5.69 Å². The second kappa shape index (κ2) is 9.41. The van der Waals surface area contributed by atoms with E-state index < -0.39 is 0 Å². The van der Waals surface area contributed by atoms with E-state index in [0.29, 0.717) is 29.4 Å². The van der Waals surface area contributed by atoms with Crippen molar-refractivity contribution in [1.82, 2.24) is 9.55 Å². The van der Waals surface area contributed by atoms with E-state index in [-0.39, 0.29) is 28.9 Å². The predicted octanol–water partition coefficient (Wildman–Crippen LogP) is 4.61. The third kappa shape index (κ3) is 4.41. The number of carbonyl (C=O) groups is 1. The number of nitrogens with one attached hydrogen (secondary N) is 1. The molecule has 170 valence electrons. The molecule has 0 aliphatic carbocycles. The summed E-state index contributed by atoms with van der Waals surface area (Å²) in [7, 11) is 0. The molecule has 1 amide bonds. The fraction of sp³-hybridized carbons (Fsp3) is 0.320. The van der Waals surface area contributed by atoms with E-state index in [1.165, 1.54) is 11.8 Å². The lowest BCUT2D eigenvalue weighted by Gasteiger charge is -2.15. The highest BCUT2D eigenvalue weighted by Gasteiger charge is 2.23. The fourth-order valence-electron chi connectivity index (χ4n) is 4.18. The summed E-state index contributed by atoms with van der Waals surface area (Å²) in [6.45, 7) is 3.14. The van der Waals surface area contributed by atoms with Crippen LogP contribution in [0.1, 0.15) is 25.3 Å². The van der Waals surface area contributed by atoms with Gasteiger partial charge in [0.2, 0.25) is 11.5 Å². The summed E-state index contributed by atoms with van der Waals surface area (Å²) in [4.78, 5) is 30.9. The standard InChI is InChI=1S/C25H25N3O4S/c1-2-16-8-3-5-11-19(16)26-21(29)15-33-25-27-22-18-10-4-6-12-20(18)32-23(22)24(30)28(25)14-17-9-7-13-31-17/h3-6,8,10-12,17H,2,7,9,13-15H2,1H3,(H,26,29)/t17-/m0/s1. The van der Waals surface area contributed by atoms with Crippen LogP contribution in [0, 0.1) is 0 Å². The molecule has 33 heavy (non-hydrogen) atoms. The number of nitrogens with zero attached hydrogens (tertiary/aromatic N) is 2. The molecule has 1 N–H and O–H groups in total. The minimum atomic E-state index is -0.245. The Kier molecular flexibility index (Phi) is 6.20. The summed E-state index contributed by atoms with van der Waals surface area (Å²) < 4.78 is 13.2. The Balaban J connectivity index is 1.46. The zero-order valence-electron chi connectivity index (χ0n) is 18.4. The van der Waals surface area contributed by atoms with Crippen LogP contribution in [0.25, 0.3) is 22.1 Å². The monoisotopic (exact) mass is 463 g/mol. The van der Waals surface area contributed by atoms with Gasteiger partial charge in [0.15, 0.2) is 5.16 Å². The van der Waals surface area contributed by atoms with Gasteiger partial charge in [-0.1, -0.05) is 49.0 Å². The van der Waals surface area contributed by atoms with Gasteiger partial charge in [-0.15, -0.1) is 0 Å². The van der Waals surface area contributed by atoms with Crippen molar-refractivity contribution in [2.75, 3.05) is 17.7 Å². The first kappa shape index (κ1) is 21.7. The second-order valence-electron chi connectivity index (χ2n) is 8.07. The Morgan fingerprint density at radius 3 is 2.85 bits per heavy atom. The zero-order valence-corrected chi connectivity index (χ0v) is 19.2. The molecule has 0 saturated carbocycles. The zero-order chi connectivity index (χ0) is 22.8. The van der Waals surface area contributed by atoms with Gasteiger partial charge in [0.1, 0.15) is 11.1 Å². The molecule has 5 rings (SSSR count). The lowest BCUT2D eigenvalue weighted by molar-refractivity contribution is -0.113. The van der Waals surface area contributed by atoms with Crippen molar-refractivity contribution in [2.24, 2.45) is 0 Å². The quantitative estimate of drug-likeness (QED) is 0.318. The average Bonchev–Trinajstić information content (AvgIpc) is 3.48. The van der Waals surface area contributed by atoms with Crippen LogP contribution in [0.3, 0.4) is 0 Å². The topological polar surface area (TPSA) is 86.4 Å². The number of fused-ring (bicyclic) bond motifs is 3. The largest absolute Gasteiger partial charge is 0.448 e. The van der Waals surface area contributed by atoms with Crippen molar-refractivity contribution in [3.8, 4) is 0 Å². The number of benzene rings is 2. The number of ether oxygens (including phenoxy) is 1. The molecule has 7 nitrogen and oxygen atoms in total. The van der Waals surface area contributed by atoms with Crippen LogP contribution in [0.5, 0.6) is 0 Å². The molecule has 0 spiro atoms. The van der Waals surface area contributed by atoms with Gasteiger partial charge < -0.3 is 14.5 Å². The van der Waals surface area contributed by atoms with Gasteiger partial charge >= 0.3 is 0 Å². The first-order chi connectivity index (χ1) is 16.1. The van der Waals surface area contributed by atoms with Crippen molar-refractivity contribution in [2.45, 2.75) is 44.0 Å². The molecular weight excluding hydrogens is 438 g/mol. The Morgan fingerprint density at radius 2 is 2.03 bits per heavy atom. The molecule has 0 unspecified atom stereocenters. The molecule has 2 aromatic heterocycles. The number of aromatic nitrogens is 2. The summed E-state index contributed by atoms with van der Waals surface area (Å²) in [5.74, 6) is -0.00641. The Labute approximate surface area is 195 Å². The number of hydrogen-bond donors (Lipinski definition) is 1. The van der Waals surface area contributed by atoms with Gasteiger partial charge in [0.05, 0.1) is 18.4 Å². The van der Waals surface area contributed by atoms with Gasteiger partial charge in [-0.2, -0.15) is 0 Å². The number of amides is 1. The molecule has 0 radical (unpaired) electrons. The van der Waals surface area contributed by atoms with E-state index in [2.05, 4.69) is 12.2 Å². The third-order valence-electron chi connectivity index (χ3n) is 5.86. The number of rotatable bonds is 7. The van der Waals surface area contributed by atoms with Crippen LogP contribution < -0.4 is 10.9 Å². The predicted molar refractivity (Wildman–Crippen MR) is 130 cm³/mol. The summed E-state index contributed by atoms with van der Waals surface area (Å²) in [6.07, 6.45) is 2.65. The molecule has 1 saturated heterocycles. The van der Waals surface area contributed by atoms with Crippen LogP contribution in [0.2, 0.25) is 0 Å². The first-order valence-corrected chi connectivity index (χ1v) is 12.2. The Bertz CT molecular complexity index is 1370. The number of para-hydroxylation sites is 2. The highest BCUT2D eigenvalue weighted by molar-refractivity contribution is 7.99. The number of thioether (sulfide) groups is 1. The first-order valence-electron chi connectivity index (χ1n) is 11.2. The summed E-state index contributed by atoms with van der Waals surface area (Å²) in [5.41, 5.74) is 3.03. The Hall–Kier alpha value is -3.10. The number of furan rings is 1. The van der Waals surface area contributed by atoms with Gasteiger partial charge in [-0.05, 0) is 43.0 Å². The molecule has 3 heterocycles. The van der Waals surface area contributed by atoms with Crippen LogP contribution in [0.15, 0.2) is 62.9 Å². The minimum absolute atomic E-state index is 0.0454. The summed E-state index contributed by atoms with van der Waals surface area (Å²) >= 11 is 1.25. The van der Waals surface area contributed by atoms with Gasteiger partial charge in [-0.3, -0.25) is 14.2 Å². The maximum atomic E-state index is 13.4. The third-order valence-corrected chi connectivity index (χ3v) is 6.84. The van der Waals surface area contributed by atoms with E-state index in [9.17, 15) is 9.59 Å². The van der Waals surface area contributed by atoms with Crippen molar-refractivity contribution in [3.63, 3.8) is 0 Å².